The fraction of sp³-hybridized carbons (Fsp3) is 0.818. The van der Waals surface area contributed by atoms with Crippen molar-refractivity contribution in [3.63, 3.8) is 0 Å². The molecule has 0 bridgehead atoms. The van der Waals surface area contributed by atoms with E-state index in [4.69, 9.17) is 5.84 Å². The highest BCUT2D eigenvalue weighted by Gasteiger charge is 2.25. The Balaban J connectivity index is 2.54. The van der Waals surface area contributed by atoms with Crippen LogP contribution in [0.1, 0.15) is 33.1 Å². The molecule has 1 aliphatic rings. The average molecular weight is 227 g/mol. The summed E-state index contributed by atoms with van der Waals surface area (Å²) in [6.45, 7) is 5.10. The van der Waals surface area contributed by atoms with E-state index in [1.54, 1.807) is 4.90 Å². The number of carbonyl (C=O) groups is 2. The zero-order chi connectivity index (χ0) is 12.1. The summed E-state index contributed by atoms with van der Waals surface area (Å²) in [5.41, 5.74) is 2.05. The van der Waals surface area contributed by atoms with Gasteiger partial charge in [0.25, 0.3) is 5.91 Å². The van der Waals surface area contributed by atoms with Gasteiger partial charge in [0, 0.05) is 13.0 Å². The first-order valence-electron chi connectivity index (χ1n) is 5.81. The van der Waals surface area contributed by atoms with Crippen LogP contribution in [-0.4, -0.2) is 29.8 Å². The Morgan fingerprint density at radius 3 is 2.81 bits per heavy atom. The molecule has 5 heteroatoms. The molecular weight excluding hydrogens is 206 g/mol. The normalized spacial score (nSPS) is 22.1. The van der Waals surface area contributed by atoms with E-state index in [2.05, 4.69) is 19.3 Å². The van der Waals surface area contributed by atoms with E-state index in [0.29, 0.717) is 24.8 Å². The highest BCUT2D eigenvalue weighted by Crippen LogP contribution is 2.24. The number of rotatable bonds is 3. The summed E-state index contributed by atoms with van der Waals surface area (Å²) in [5.74, 6) is 5.94. The van der Waals surface area contributed by atoms with Crippen molar-refractivity contribution in [2.24, 2.45) is 17.7 Å². The van der Waals surface area contributed by atoms with Crippen molar-refractivity contribution >= 4 is 11.8 Å². The summed E-state index contributed by atoms with van der Waals surface area (Å²) >= 11 is 0. The van der Waals surface area contributed by atoms with Gasteiger partial charge in [-0.1, -0.05) is 13.8 Å². The lowest BCUT2D eigenvalue weighted by atomic mass is 9.89. The van der Waals surface area contributed by atoms with Crippen molar-refractivity contribution in [2.75, 3.05) is 13.1 Å². The molecule has 2 amide bonds. The predicted molar refractivity (Wildman–Crippen MR) is 61.1 cm³/mol. The second-order valence-corrected chi connectivity index (χ2v) is 4.71. The highest BCUT2D eigenvalue weighted by molar-refractivity contribution is 5.84. The first-order valence-corrected chi connectivity index (χ1v) is 5.81. The Kier molecular flexibility index (Phi) is 4.73. The Bertz CT molecular complexity index is 266. The van der Waals surface area contributed by atoms with E-state index in [0.717, 1.165) is 12.8 Å². The van der Waals surface area contributed by atoms with Crippen LogP contribution < -0.4 is 11.3 Å². The monoisotopic (exact) mass is 227 g/mol. The van der Waals surface area contributed by atoms with Gasteiger partial charge in [0.15, 0.2) is 0 Å². The number of carbonyl (C=O) groups excluding carboxylic acids is 2. The Morgan fingerprint density at radius 2 is 2.25 bits per heavy atom. The van der Waals surface area contributed by atoms with Gasteiger partial charge in [0.05, 0.1) is 0 Å². The van der Waals surface area contributed by atoms with Crippen LogP contribution in [0.3, 0.4) is 0 Å². The molecule has 5 nitrogen and oxygen atoms in total. The van der Waals surface area contributed by atoms with Crippen molar-refractivity contribution in [3.05, 3.63) is 0 Å². The first-order chi connectivity index (χ1) is 7.54. The maximum absolute atomic E-state index is 11.7. The lowest BCUT2D eigenvalue weighted by Crippen LogP contribution is -2.42. The maximum Gasteiger partial charge on any atom is 0.253 e. The Labute approximate surface area is 96.3 Å². The number of nitrogens with zero attached hydrogens (tertiary/aromatic N) is 1. The Hall–Kier alpha value is -1.10. The fourth-order valence-electron chi connectivity index (χ4n) is 2.11. The number of hydrogen-bond donors (Lipinski definition) is 2. The molecule has 1 heterocycles. The van der Waals surface area contributed by atoms with E-state index in [-0.39, 0.29) is 18.4 Å². The van der Waals surface area contributed by atoms with Crippen LogP contribution in [0.4, 0.5) is 0 Å². The van der Waals surface area contributed by atoms with Gasteiger partial charge in [-0.25, -0.2) is 5.84 Å². The minimum absolute atomic E-state index is 0.0618. The summed E-state index contributed by atoms with van der Waals surface area (Å²) < 4.78 is 0. The number of nitrogens with one attached hydrogen (secondary N) is 1. The number of hydrazine groups is 1. The molecule has 0 spiro atoms. The number of likely N-dealkylation sites (tertiary alicyclic amines) is 1. The van der Waals surface area contributed by atoms with Crippen LogP contribution in [-0.2, 0) is 9.59 Å². The number of nitrogens with two attached hydrogens (primary N) is 1. The van der Waals surface area contributed by atoms with Crippen LogP contribution in [0.2, 0.25) is 0 Å². The van der Waals surface area contributed by atoms with E-state index in [1.165, 1.54) is 0 Å². The standard InChI is InChI=1S/C11H21N3O2/c1-8(2)9-3-4-11(16)14(6-5-9)7-10(15)13-12/h8-9H,3-7,12H2,1-2H3,(H,13,15). The van der Waals surface area contributed by atoms with Gasteiger partial charge in [-0.2, -0.15) is 0 Å². The third-order valence-electron chi connectivity index (χ3n) is 3.29. The number of hydrogen-bond acceptors (Lipinski definition) is 3. The lowest BCUT2D eigenvalue weighted by Gasteiger charge is -2.20. The molecule has 0 aliphatic carbocycles. The molecule has 92 valence electrons. The largest absolute Gasteiger partial charge is 0.333 e. The fourth-order valence-corrected chi connectivity index (χ4v) is 2.11. The van der Waals surface area contributed by atoms with Crippen LogP contribution >= 0.6 is 0 Å². The smallest absolute Gasteiger partial charge is 0.253 e. The third-order valence-corrected chi connectivity index (χ3v) is 3.29. The molecule has 1 atom stereocenters. The summed E-state index contributed by atoms with van der Waals surface area (Å²) in [4.78, 5) is 24.5. The summed E-state index contributed by atoms with van der Waals surface area (Å²) in [6, 6.07) is 0. The van der Waals surface area contributed by atoms with E-state index in [9.17, 15) is 9.59 Å². The molecule has 0 saturated carbocycles. The molecule has 0 aromatic rings. The average Bonchev–Trinajstić information content (AvgIpc) is 2.42. The lowest BCUT2D eigenvalue weighted by molar-refractivity contribution is -0.135. The number of amides is 2. The minimum atomic E-state index is -0.309. The van der Waals surface area contributed by atoms with Crippen molar-refractivity contribution in [3.8, 4) is 0 Å². The molecule has 0 aromatic heterocycles. The van der Waals surface area contributed by atoms with E-state index >= 15 is 0 Å². The molecule has 1 unspecified atom stereocenters. The predicted octanol–water partition coefficient (Wildman–Crippen LogP) is 0.261. The molecule has 16 heavy (non-hydrogen) atoms. The summed E-state index contributed by atoms with van der Waals surface area (Å²) in [5, 5.41) is 0. The second-order valence-electron chi connectivity index (χ2n) is 4.71. The van der Waals surface area contributed by atoms with E-state index < -0.39 is 0 Å². The second kappa shape index (κ2) is 5.84. The highest BCUT2D eigenvalue weighted by atomic mass is 16.2. The SMILES string of the molecule is CC(C)C1CCC(=O)N(CC(=O)NN)CC1. The summed E-state index contributed by atoms with van der Waals surface area (Å²) in [6.07, 6.45) is 2.44. The van der Waals surface area contributed by atoms with Gasteiger partial charge >= 0.3 is 0 Å². The van der Waals surface area contributed by atoms with Crippen molar-refractivity contribution in [1.29, 1.82) is 0 Å². The van der Waals surface area contributed by atoms with Crippen LogP contribution in [0.15, 0.2) is 0 Å². The van der Waals surface area contributed by atoms with Gasteiger partial charge < -0.3 is 4.90 Å². The summed E-state index contributed by atoms with van der Waals surface area (Å²) in [7, 11) is 0. The van der Waals surface area contributed by atoms with Crippen molar-refractivity contribution < 1.29 is 9.59 Å². The molecular formula is C11H21N3O2. The first kappa shape index (κ1) is 13.0. The molecule has 1 rings (SSSR count). The van der Waals surface area contributed by atoms with Gasteiger partial charge in [-0.15, -0.1) is 0 Å². The van der Waals surface area contributed by atoms with Gasteiger partial charge in [0.1, 0.15) is 6.54 Å². The van der Waals surface area contributed by atoms with Crippen LogP contribution in [0, 0.1) is 11.8 Å². The molecule has 1 aliphatic heterocycles. The topological polar surface area (TPSA) is 75.4 Å². The third kappa shape index (κ3) is 3.48. The van der Waals surface area contributed by atoms with Gasteiger partial charge in [-0.3, -0.25) is 15.0 Å². The van der Waals surface area contributed by atoms with Gasteiger partial charge in [-0.05, 0) is 24.7 Å². The molecule has 1 fully saturated rings. The van der Waals surface area contributed by atoms with Crippen LogP contribution in [0.25, 0.3) is 0 Å². The van der Waals surface area contributed by atoms with E-state index in [1.807, 2.05) is 0 Å². The Morgan fingerprint density at radius 1 is 1.56 bits per heavy atom. The van der Waals surface area contributed by atoms with Crippen molar-refractivity contribution in [2.45, 2.75) is 33.1 Å². The molecule has 0 radical (unpaired) electrons. The van der Waals surface area contributed by atoms with Gasteiger partial charge in [0.2, 0.25) is 5.91 Å². The van der Waals surface area contributed by atoms with Crippen LogP contribution in [0.5, 0.6) is 0 Å². The van der Waals surface area contributed by atoms with Crippen molar-refractivity contribution in [1.82, 2.24) is 10.3 Å². The minimum Gasteiger partial charge on any atom is -0.333 e. The zero-order valence-corrected chi connectivity index (χ0v) is 10.0. The zero-order valence-electron chi connectivity index (χ0n) is 10.0. The molecule has 3 N–H and O–H groups in total. The quantitative estimate of drug-likeness (QED) is 0.412. The molecule has 0 aromatic carbocycles. The molecule has 1 saturated heterocycles. The maximum atomic E-state index is 11.7.